The Bertz CT molecular complexity index is 1310. The van der Waals surface area contributed by atoms with Gasteiger partial charge in [0, 0.05) is 34.0 Å². The van der Waals surface area contributed by atoms with E-state index in [2.05, 4.69) is 21.0 Å². The van der Waals surface area contributed by atoms with E-state index in [0.29, 0.717) is 30.0 Å². The number of aromatic nitrogens is 2. The zero-order valence-electron chi connectivity index (χ0n) is 19.0. The molecule has 1 aliphatic heterocycles. The minimum atomic E-state index is -4.66. The molecule has 182 valence electrons. The van der Waals surface area contributed by atoms with Gasteiger partial charge >= 0.3 is 6.18 Å². The van der Waals surface area contributed by atoms with Gasteiger partial charge in [-0.15, -0.1) is 0 Å². The van der Waals surface area contributed by atoms with Crippen molar-refractivity contribution in [1.82, 2.24) is 9.78 Å². The number of benzene rings is 2. The van der Waals surface area contributed by atoms with Gasteiger partial charge in [0.15, 0.2) is 5.69 Å². The number of halogens is 4. The summed E-state index contributed by atoms with van der Waals surface area (Å²) in [6, 6.07) is 14.4. The van der Waals surface area contributed by atoms with Gasteiger partial charge in [-0.25, -0.2) is 4.68 Å². The van der Waals surface area contributed by atoms with Crippen molar-refractivity contribution >= 4 is 27.5 Å². The molecule has 1 spiro atoms. The number of anilines is 1. The molecule has 0 saturated heterocycles. The van der Waals surface area contributed by atoms with Crippen LogP contribution in [0.15, 0.2) is 48.5 Å². The number of hydrogen-bond acceptors (Lipinski definition) is 3. The minimum absolute atomic E-state index is 0.00515. The average Bonchev–Trinajstić information content (AvgIpc) is 3.78. The molecular weight excluding hydrogens is 523 g/mol. The Balaban J connectivity index is 1.47. The molecule has 6 rings (SSSR count). The largest absolute Gasteiger partial charge is 0.497 e. The van der Waals surface area contributed by atoms with Gasteiger partial charge in [0.05, 0.1) is 12.8 Å². The van der Waals surface area contributed by atoms with E-state index in [-0.39, 0.29) is 23.2 Å². The van der Waals surface area contributed by atoms with Crippen LogP contribution >= 0.6 is 15.9 Å². The Morgan fingerprint density at radius 1 is 1.00 bits per heavy atom. The van der Waals surface area contributed by atoms with E-state index < -0.39 is 23.2 Å². The van der Waals surface area contributed by atoms with Gasteiger partial charge in [0.25, 0.3) is 5.91 Å². The fraction of sp³-hybridized carbons (Fsp3) is 0.385. The van der Waals surface area contributed by atoms with Crippen LogP contribution in [-0.2, 0) is 17.0 Å². The van der Waals surface area contributed by atoms with Crippen LogP contribution in [-0.4, -0.2) is 34.7 Å². The first-order chi connectivity index (χ1) is 16.7. The third-order valence-corrected chi connectivity index (χ3v) is 8.74. The van der Waals surface area contributed by atoms with Crippen LogP contribution in [0.2, 0.25) is 0 Å². The predicted octanol–water partition coefficient (Wildman–Crippen LogP) is 6.02. The quantitative estimate of drug-likeness (QED) is 0.368. The highest BCUT2D eigenvalue weighted by Crippen LogP contribution is 2.56. The topological polar surface area (TPSA) is 47.4 Å². The molecule has 1 amide bonds. The molecule has 9 heteroatoms. The second-order valence-corrected chi connectivity index (χ2v) is 10.4. The van der Waals surface area contributed by atoms with Crippen molar-refractivity contribution in [1.29, 1.82) is 0 Å². The SMILES string of the molecule is COc1ccc(-n2nc(C(F)(F)F)c3c2C(=O)N(c2ccc(C4(CBr)CC4)cc2)CC32CC2)cc1. The molecule has 3 aromatic rings. The predicted molar refractivity (Wildman–Crippen MR) is 129 cm³/mol. The van der Waals surface area contributed by atoms with Gasteiger partial charge in [-0.1, -0.05) is 28.1 Å². The lowest BCUT2D eigenvalue weighted by Gasteiger charge is -2.34. The van der Waals surface area contributed by atoms with E-state index in [4.69, 9.17) is 4.74 Å². The fourth-order valence-corrected chi connectivity index (χ4v) is 6.11. The number of carbonyl (C=O) groups excluding carboxylic acids is 1. The van der Waals surface area contributed by atoms with Crippen molar-refractivity contribution in [2.45, 2.75) is 42.7 Å². The Morgan fingerprint density at radius 2 is 1.63 bits per heavy atom. The molecule has 2 aromatic carbocycles. The van der Waals surface area contributed by atoms with E-state index in [0.717, 1.165) is 22.9 Å². The minimum Gasteiger partial charge on any atom is -0.497 e. The highest BCUT2D eigenvalue weighted by atomic mass is 79.9. The van der Waals surface area contributed by atoms with E-state index in [1.54, 1.807) is 29.2 Å². The van der Waals surface area contributed by atoms with Crippen LogP contribution in [0.5, 0.6) is 5.75 Å². The van der Waals surface area contributed by atoms with Crippen LogP contribution in [0, 0.1) is 0 Å². The first-order valence-corrected chi connectivity index (χ1v) is 12.7. The first kappa shape index (κ1) is 22.6. The molecule has 0 unspecified atom stereocenters. The summed E-state index contributed by atoms with van der Waals surface area (Å²) in [5.74, 6) is 0.0974. The molecular formula is C26H23BrF3N3O2. The summed E-state index contributed by atoms with van der Waals surface area (Å²) < 4.78 is 48.7. The number of nitrogens with zero attached hydrogens (tertiary/aromatic N) is 3. The number of fused-ring (bicyclic) bond motifs is 2. The Labute approximate surface area is 209 Å². The summed E-state index contributed by atoms with van der Waals surface area (Å²) >= 11 is 3.60. The molecule has 2 saturated carbocycles. The van der Waals surface area contributed by atoms with Crippen molar-refractivity contribution in [3.63, 3.8) is 0 Å². The first-order valence-electron chi connectivity index (χ1n) is 11.5. The molecule has 0 atom stereocenters. The second-order valence-electron chi connectivity index (χ2n) is 9.81. The second kappa shape index (κ2) is 7.59. The molecule has 0 bridgehead atoms. The number of methoxy groups -OCH3 is 1. The van der Waals surface area contributed by atoms with Crippen molar-refractivity contribution in [2.75, 3.05) is 23.9 Å². The van der Waals surface area contributed by atoms with Crippen LogP contribution in [0.3, 0.4) is 0 Å². The van der Waals surface area contributed by atoms with Crippen LogP contribution in [0.25, 0.3) is 5.69 Å². The summed E-state index contributed by atoms with van der Waals surface area (Å²) in [4.78, 5) is 15.4. The number of amides is 1. The molecule has 2 heterocycles. The summed E-state index contributed by atoms with van der Waals surface area (Å²) in [6.45, 7) is 0.221. The van der Waals surface area contributed by atoms with Crippen molar-refractivity contribution in [3.8, 4) is 11.4 Å². The fourth-order valence-electron chi connectivity index (χ4n) is 5.22. The molecule has 2 aliphatic carbocycles. The Hall–Kier alpha value is -2.81. The number of rotatable bonds is 5. The normalized spacial score (nSPS) is 19.6. The summed E-state index contributed by atoms with van der Waals surface area (Å²) in [7, 11) is 1.51. The maximum Gasteiger partial charge on any atom is 0.435 e. The van der Waals surface area contributed by atoms with Crippen LogP contribution < -0.4 is 9.64 Å². The lowest BCUT2D eigenvalue weighted by molar-refractivity contribution is -0.142. The number of ether oxygens (including phenoxy) is 1. The standard InChI is InChI=1S/C26H23BrF3N3O2/c1-35-19-8-6-18(7-9-19)33-21-20(22(31-33)26(28,29)30)25(12-13-25)15-32(23(21)34)17-4-2-16(3-5-17)24(14-27)10-11-24/h2-9H,10-15H2,1H3. The van der Waals surface area contributed by atoms with Crippen molar-refractivity contribution in [2.24, 2.45) is 0 Å². The van der Waals surface area contributed by atoms with E-state index >= 15 is 0 Å². The molecule has 35 heavy (non-hydrogen) atoms. The lowest BCUT2D eigenvalue weighted by Crippen LogP contribution is -2.44. The molecule has 3 aliphatic rings. The van der Waals surface area contributed by atoms with Crippen molar-refractivity contribution < 1.29 is 22.7 Å². The lowest BCUT2D eigenvalue weighted by atomic mass is 9.88. The Morgan fingerprint density at radius 3 is 2.14 bits per heavy atom. The van der Waals surface area contributed by atoms with Crippen molar-refractivity contribution in [3.05, 3.63) is 71.0 Å². The average molecular weight is 546 g/mol. The van der Waals surface area contributed by atoms with Crippen LogP contribution in [0.4, 0.5) is 18.9 Å². The molecule has 1 aromatic heterocycles. The van der Waals surface area contributed by atoms with Gasteiger partial charge in [-0.05, 0) is 67.6 Å². The maximum atomic E-state index is 14.1. The van der Waals surface area contributed by atoms with E-state index in [9.17, 15) is 18.0 Å². The van der Waals surface area contributed by atoms with Gasteiger partial charge in [0.2, 0.25) is 0 Å². The van der Waals surface area contributed by atoms with Gasteiger partial charge < -0.3 is 9.64 Å². The molecule has 0 N–H and O–H groups in total. The monoisotopic (exact) mass is 545 g/mol. The van der Waals surface area contributed by atoms with Crippen LogP contribution in [0.1, 0.15) is 53.0 Å². The molecule has 2 fully saturated rings. The summed E-state index contributed by atoms with van der Waals surface area (Å²) in [5, 5.41) is 4.85. The highest BCUT2D eigenvalue weighted by Gasteiger charge is 2.58. The zero-order chi connectivity index (χ0) is 24.6. The Kier molecular flexibility index (Phi) is 4.91. The maximum absolute atomic E-state index is 14.1. The van der Waals surface area contributed by atoms with Gasteiger partial charge in [0.1, 0.15) is 11.4 Å². The zero-order valence-corrected chi connectivity index (χ0v) is 20.6. The van der Waals surface area contributed by atoms with E-state index in [1.807, 2.05) is 24.3 Å². The van der Waals surface area contributed by atoms with Gasteiger partial charge in [-0.3, -0.25) is 4.79 Å². The number of carbonyl (C=O) groups is 1. The van der Waals surface area contributed by atoms with E-state index in [1.165, 1.54) is 12.7 Å². The molecule has 5 nitrogen and oxygen atoms in total. The third-order valence-electron chi connectivity index (χ3n) is 7.66. The smallest absolute Gasteiger partial charge is 0.435 e. The van der Waals surface area contributed by atoms with Gasteiger partial charge in [-0.2, -0.15) is 18.3 Å². The number of alkyl halides is 4. The summed E-state index contributed by atoms with van der Waals surface area (Å²) in [6.07, 6.45) is -1.24. The molecule has 0 radical (unpaired) electrons. The summed E-state index contributed by atoms with van der Waals surface area (Å²) in [5.41, 5.74) is 0.784. The number of hydrogen-bond donors (Lipinski definition) is 0. The third kappa shape index (κ3) is 3.50. The highest BCUT2D eigenvalue weighted by molar-refractivity contribution is 9.09.